The van der Waals surface area contributed by atoms with Crippen LogP contribution in [0.5, 0.6) is 5.75 Å². The van der Waals surface area contributed by atoms with Gasteiger partial charge in [0.05, 0.1) is 28.0 Å². The number of para-hydroxylation sites is 2. The smallest absolute Gasteiger partial charge is 0.288 e. The highest BCUT2D eigenvalue weighted by Crippen LogP contribution is 2.26. The van der Waals surface area contributed by atoms with Crippen molar-refractivity contribution in [2.75, 3.05) is 18.5 Å². The number of ether oxygens (including phenoxy) is 2. The quantitative estimate of drug-likeness (QED) is 0.616. The second kappa shape index (κ2) is 8.59. The van der Waals surface area contributed by atoms with E-state index >= 15 is 0 Å². The number of benzene rings is 1. The molecule has 0 unspecified atom stereocenters. The first-order valence-electron chi connectivity index (χ1n) is 8.80. The highest BCUT2D eigenvalue weighted by molar-refractivity contribution is 6.06. The normalized spacial score (nSPS) is 16.6. The monoisotopic (exact) mass is 371 g/mol. The van der Waals surface area contributed by atoms with Crippen LogP contribution in [0.3, 0.4) is 0 Å². The first-order chi connectivity index (χ1) is 13.0. The number of carbonyl (C=O) groups excluding carboxylic acids is 1. The van der Waals surface area contributed by atoms with Gasteiger partial charge in [-0.2, -0.15) is 0 Å². The molecule has 1 aromatic carbocycles. The van der Waals surface area contributed by atoms with Crippen molar-refractivity contribution >= 4 is 17.3 Å². The Bertz CT molecular complexity index is 834. The van der Waals surface area contributed by atoms with E-state index in [9.17, 15) is 14.9 Å². The fourth-order valence-corrected chi connectivity index (χ4v) is 2.86. The van der Waals surface area contributed by atoms with Crippen LogP contribution in [0.15, 0.2) is 36.5 Å². The maximum Gasteiger partial charge on any atom is 0.288 e. The number of nitrogens with zero attached hydrogens (tertiary/aromatic N) is 2. The third-order valence-electron chi connectivity index (χ3n) is 4.36. The molecule has 27 heavy (non-hydrogen) atoms. The van der Waals surface area contributed by atoms with Crippen LogP contribution in [0.1, 0.15) is 35.3 Å². The third-order valence-corrected chi connectivity index (χ3v) is 4.36. The topological polar surface area (TPSA) is 104 Å². The number of nitro groups is 1. The summed E-state index contributed by atoms with van der Waals surface area (Å²) in [6.45, 7) is 2.78. The average molecular weight is 371 g/mol. The van der Waals surface area contributed by atoms with Crippen LogP contribution in [0.4, 0.5) is 11.4 Å². The minimum Gasteiger partial charge on any atom is -0.489 e. The summed E-state index contributed by atoms with van der Waals surface area (Å²) in [5, 5.41) is 13.7. The second-order valence-corrected chi connectivity index (χ2v) is 6.33. The van der Waals surface area contributed by atoms with E-state index in [1.165, 1.54) is 6.07 Å². The summed E-state index contributed by atoms with van der Waals surface area (Å²) in [6, 6.07) is 8.29. The summed E-state index contributed by atoms with van der Waals surface area (Å²) in [5.74, 6) is 0.0460. The van der Waals surface area contributed by atoms with E-state index in [0.717, 1.165) is 32.1 Å². The summed E-state index contributed by atoms with van der Waals surface area (Å²) in [6.07, 6.45) is 4.32. The van der Waals surface area contributed by atoms with Crippen LogP contribution in [0.25, 0.3) is 0 Å². The lowest BCUT2D eigenvalue weighted by atomic mass is 10.1. The molecule has 0 bridgehead atoms. The number of rotatable bonds is 6. The van der Waals surface area contributed by atoms with Gasteiger partial charge in [-0.15, -0.1) is 0 Å². The third kappa shape index (κ3) is 4.79. The zero-order valence-corrected chi connectivity index (χ0v) is 15.0. The van der Waals surface area contributed by atoms with Gasteiger partial charge in [0, 0.05) is 12.7 Å². The van der Waals surface area contributed by atoms with Gasteiger partial charge in [-0.1, -0.05) is 12.1 Å². The van der Waals surface area contributed by atoms with Crippen LogP contribution in [0.2, 0.25) is 0 Å². The molecule has 0 spiro atoms. The SMILES string of the molecule is Cc1ncc([N+](=O)[O-])cc1C(=O)Nc1ccccc1OC[C@@H]1CCCCO1. The van der Waals surface area contributed by atoms with Gasteiger partial charge < -0.3 is 14.8 Å². The van der Waals surface area contributed by atoms with Crippen LogP contribution in [0, 0.1) is 17.0 Å². The lowest BCUT2D eigenvalue weighted by Crippen LogP contribution is -2.26. The number of nitrogens with one attached hydrogen (secondary N) is 1. The Kier molecular flexibility index (Phi) is 5.97. The zero-order valence-electron chi connectivity index (χ0n) is 15.0. The van der Waals surface area contributed by atoms with Gasteiger partial charge >= 0.3 is 0 Å². The maximum atomic E-state index is 12.6. The molecular weight excluding hydrogens is 350 g/mol. The molecule has 1 aliphatic rings. The Balaban J connectivity index is 1.72. The van der Waals surface area contributed by atoms with Gasteiger partial charge in [0.15, 0.2) is 0 Å². The Labute approximate surface area is 156 Å². The summed E-state index contributed by atoms with van der Waals surface area (Å²) in [5.41, 5.74) is 0.815. The molecule has 1 atom stereocenters. The number of aryl methyl sites for hydroxylation is 1. The molecule has 0 saturated carbocycles. The molecule has 1 fully saturated rings. The number of hydrogen-bond acceptors (Lipinski definition) is 6. The molecule has 0 aliphatic carbocycles. The minimum atomic E-state index is -0.579. The predicted molar refractivity (Wildman–Crippen MR) is 99.1 cm³/mol. The van der Waals surface area contributed by atoms with Gasteiger partial charge in [-0.25, -0.2) is 0 Å². The summed E-state index contributed by atoms with van der Waals surface area (Å²) < 4.78 is 11.5. The van der Waals surface area contributed by atoms with E-state index in [0.29, 0.717) is 23.7 Å². The fraction of sp³-hybridized carbons (Fsp3) is 0.368. The number of pyridine rings is 1. The largest absolute Gasteiger partial charge is 0.489 e. The summed E-state index contributed by atoms with van der Waals surface area (Å²) in [7, 11) is 0. The molecular formula is C19H21N3O5. The van der Waals surface area contributed by atoms with E-state index in [-0.39, 0.29) is 17.4 Å². The second-order valence-electron chi connectivity index (χ2n) is 6.33. The minimum absolute atomic E-state index is 0.0470. The zero-order chi connectivity index (χ0) is 19.2. The Morgan fingerprint density at radius 1 is 1.41 bits per heavy atom. The molecule has 1 aliphatic heterocycles. The van der Waals surface area contributed by atoms with Crippen molar-refractivity contribution in [2.24, 2.45) is 0 Å². The van der Waals surface area contributed by atoms with Crippen molar-refractivity contribution in [1.29, 1.82) is 0 Å². The van der Waals surface area contributed by atoms with Crippen LogP contribution in [-0.2, 0) is 4.74 Å². The van der Waals surface area contributed by atoms with Crippen LogP contribution >= 0.6 is 0 Å². The Morgan fingerprint density at radius 3 is 2.96 bits per heavy atom. The van der Waals surface area contributed by atoms with Gasteiger partial charge in [0.25, 0.3) is 11.6 Å². The summed E-state index contributed by atoms with van der Waals surface area (Å²) in [4.78, 5) is 26.9. The van der Waals surface area contributed by atoms with E-state index in [2.05, 4.69) is 10.3 Å². The maximum absolute atomic E-state index is 12.6. The van der Waals surface area contributed by atoms with Gasteiger partial charge in [-0.05, 0) is 38.3 Å². The summed E-state index contributed by atoms with van der Waals surface area (Å²) >= 11 is 0. The van der Waals surface area contributed by atoms with E-state index in [4.69, 9.17) is 9.47 Å². The first kappa shape index (κ1) is 18.8. The van der Waals surface area contributed by atoms with Crippen molar-refractivity contribution < 1.29 is 19.2 Å². The van der Waals surface area contributed by atoms with Crippen molar-refractivity contribution in [3.8, 4) is 5.75 Å². The molecule has 2 aromatic rings. The molecule has 1 saturated heterocycles. The van der Waals surface area contributed by atoms with Crippen molar-refractivity contribution in [2.45, 2.75) is 32.3 Å². The van der Waals surface area contributed by atoms with Crippen LogP contribution in [-0.4, -0.2) is 35.1 Å². The standard InChI is InChI=1S/C19H21N3O5/c1-13-16(10-14(11-20-13)22(24)25)19(23)21-17-7-2-3-8-18(17)27-12-15-6-4-5-9-26-15/h2-3,7-8,10-11,15H,4-6,9,12H2,1H3,(H,21,23)/t15-/m0/s1. The van der Waals surface area contributed by atoms with E-state index in [1.807, 2.05) is 6.07 Å². The lowest BCUT2D eigenvalue weighted by molar-refractivity contribution is -0.385. The molecule has 1 amide bonds. The van der Waals surface area contributed by atoms with Gasteiger partial charge in [0.2, 0.25) is 0 Å². The number of hydrogen-bond donors (Lipinski definition) is 1. The molecule has 1 aromatic heterocycles. The van der Waals surface area contributed by atoms with Crippen molar-refractivity contribution in [1.82, 2.24) is 4.98 Å². The van der Waals surface area contributed by atoms with Gasteiger partial charge in [0.1, 0.15) is 18.6 Å². The molecule has 2 heterocycles. The van der Waals surface area contributed by atoms with Crippen LogP contribution < -0.4 is 10.1 Å². The Hall–Kier alpha value is -3.00. The highest BCUT2D eigenvalue weighted by atomic mass is 16.6. The fourth-order valence-electron chi connectivity index (χ4n) is 2.86. The molecule has 8 heteroatoms. The molecule has 8 nitrogen and oxygen atoms in total. The van der Waals surface area contributed by atoms with Gasteiger partial charge in [-0.3, -0.25) is 19.9 Å². The Morgan fingerprint density at radius 2 is 2.22 bits per heavy atom. The van der Waals surface area contributed by atoms with Crippen molar-refractivity contribution in [3.05, 3.63) is 57.9 Å². The highest BCUT2D eigenvalue weighted by Gasteiger charge is 2.19. The molecule has 0 radical (unpaired) electrons. The molecule has 1 N–H and O–H groups in total. The lowest BCUT2D eigenvalue weighted by Gasteiger charge is -2.23. The first-order valence-corrected chi connectivity index (χ1v) is 8.80. The number of aromatic nitrogens is 1. The average Bonchev–Trinajstić information content (AvgIpc) is 2.68. The van der Waals surface area contributed by atoms with E-state index < -0.39 is 10.8 Å². The van der Waals surface area contributed by atoms with E-state index in [1.54, 1.807) is 25.1 Å². The van der Waals surface area contributed by atoms with Crippen molar-refractivity contribution in [3.63, 3.8) is 0 Å². The predicted octanol–water partition coefficient (Wildman–Crippen LogP) is 3.50. The molecule has 3 rings (SSSR count). The number of anilines is 1. The number of carbonyl (C=O) groups is 1. The number of amides is 1. The molecule has 142 valence electrons.